The molecular weight excluding hydrogens is 216 g/mol. The molecule has 0 unspecified atom stereocenters. The van der Waals surface area contributed by atoms with Gasteiger partial charge in [-0.3, -0.25) is 4.79 Å². The highest BCUT2D eigenvalue weighted by Crippen LogP contribution is 2.09. The maximum Gasteiger partial charge on any atom is 0.225 e. The maximum atomic E-state index is 11.3. The predicted molar refractivity (Wildman–Crippen MR) is 58.6 cm³/mol. The van der Waals surface area contributed by atoms with Crippen LogP contribution in [-0.4, -0.2) is 22.4 Å². The molecule has 0 fully saturated rings. The van der Waals surface area contributed by atoms with Crippen molar-refractivity contribution in [3.8, 4) is 0 Å². The molecule has 5 nitrogen and oxygen atoms in total. The second kappa shape index (κ2) is 6.31. The lowest BCUT2D eigenvalue weighted by Gasteiger charge is -2.03. The van der Waals surface area contributed by atoms with Crippen molar-refractivity contribution in [3.63, 3.8) is 0 Å². The zero-order chi connectivity index (χ0) is 11.1. The van der Waals surface area contributed by atoms with Gasteiger partial charge in [-0.2, -0.15) is 0 Å². The summed E-state index contributed by atoms with van der Waals surface area (Å²) in [5.41, 5.74) is 5.32. The van der Waals surface area contributed by atoms with Crippen LogP contribution in [0.4, 0.5) is 5.82 Å². The molecule has 15 heavy (non-hydrogen) atoms. The molecule has 0 aliphatic carbocycles. The van der Waals surface area contributed by atoms with Crippen LogP contribution in [0.15, 0.2) is 12.4 Å². The zero-order valence-corrected chi connectivity index (χ0v) is 9.00. The first-order valence-corrected chi connectivity index (χ1v) is 5.07. The van der Waals surface area contributed by atoms with Crippen molar-refractivity contribution in [1.29, 1.82) is 0 Å². The minimum Gasteiger partial charge on any atom is -0.330 e. The fourth-order valence-corrected chi connectivity index (χ4v) is 1.18. The van der Waals surface area contributed by atoms with E-state index in [0.29, 0.717) is 23.9 Å². The third-order valence-corrected chi connectivity index (χ3v) is 1.97. The van der Waals surface area contributed by atoms with Crippen molar-refractivity contribution < 1.29 is 4.79 Å². The van der Waals surface area contributed by atoms with E-state index in [4.69, 9.17) is 17.3 Å². The SMILES string of the molecule is NCCCCC(=O)Nc1cc(Cl)ncn1. The third-order valence-electron chi connectivity index (χ3n) is 1.76. The summed E-state index contributed by atoms with van der Waals surface area (Å²) >= 11 is 5.64. The van der Waals surface area contributed by atoms with E-state index in [0.717, 1.165) is 12.8 Å². The minimum atomic E-state index is -0.0850. The molecule has 0 saturated heterocycles. The number of rotatable bonds is 5. The number of carbonyl (C=O) groups is 1. The van der Waals surface area contributed by atoms with Crippen LogP contribution in [0.1, 0.15) is 19.3 Å². The number of halogens is 1. The van der Waals surface area contributed by atoms with Gasteiger partial charge in [-0.1, -0.05) is 11.6 Å². The van der Waals surface area contributed by atoms with Crippen molar-refractivity contribution in [2.45, 2.75) is 19.3 Å². The number of hydrogen-bond acceptors (Lipinski definition) is 4. The normalized spacial score (nSPS) is 10.0. The molecule has 1 aromatic rings. The number of unbranched alkanes of at least 4 members (excludes halogenated alkanes) is 1. The molecular formula is C9H13ClN4O. The number of amides is 1. The largest absolute Gasteiger partial charge is 0.330 e. The molecule has 0 bridgehead atoms. The van der Waals surface area contributed by atoms with Crippen LogP contribution < -0.4 is 11.1 Å². The second-order valence-electron chi connectivity index (χ2n) is 3.02. The van der Waals surface area contributed by atoms with E-state index in [1.807, 2.05) is 0 Å². The summed E-state index contributed by atoms with van der Waals surface area (Å²) in [5.74, 6) is 0.339. The van der Waals surface area contributed by atoms with Gasteiger partial charge >= 0.3 is 0 Å². The number of anilines is 1. The van der Waals surface area contributed by atoms with Crippen molar-refractivity contribution in [3.05, 3.63) is 17.5 Å². The zero-order valence-electron chi connectivity index (χ0n) is 8.24. The van der Waals surface area contributed by atoms with Gasteiger partial charge < -0.3 is 11.1 Å². The number of nitrogens with zero attached hydrogens (tertiary/aromatic N) is 2. The first-order valence-electron chi connectivity index (χ1n) is 4.70. The Morgan fingerprint density at radius 1 is 1.47 bits per heavy atom. The van der Waals surface area contributed by atoms with Gasteiger partial charge in [0.05, 0.1) is 0 Å². The first-order chi connectivity index (χ1) is 7.22. The molecule has 0 radical (unpaired) electrons. The van der Waals surface area contributed by atoms with Crippen LogP contribution in [0.3, 0.4) is 0 Å². The van der Waals surface area contributed by atoms with E-state index in [2.05, 4.69) is 15.3 Å². The number of hydrogen-bond donors (Lipinski definition) is 2. The topological polar surface area (TPSA) is 80.9 Å². The average molecular weight is 229 g/mol. The summed E-state index contributed by atoms with van der Waals surface area (Å²) in [4.78, 5) is 18.9. The van der Waals surface area contributed by atoms with Crippen LogP contribution in [-0.2, 0) is 4.79 Å². The van der Waals surface area contributed by atoms with E-state index in [-0.39, 0.29) is 5.91 Å². The highest BCUT2D eigenvalue weighted by Gasteiger charge is 2.03. The van der Waals surface area contributed by atoms with E-state index in [1.165, 1.54) is 12.4 Å². The van der Waals surface area contributed by atoms with Crippen molar-refractivity contribution in [2.75, 3.05) is 11.9 Å². The Hall–Kier alpha value is -1.20. The molecule has 82 valence electrons. The lowest BCUT2D eigenvalue weighted by molar-refractivity contribution is -0.116. The van der Waals surface area contributed by atoms with E-state index >= 15 is 0 Å². The van der Waals surface area contributed by atoms with Crippen LogP contribution in [0.2, 0.25) is 5.15 Å². The Morgan fingerprint density at radius 2 is 2.27 bits per heavy atom. The van der Waals surface area contributed by atoms with Crippen LogP contribution in [0.5, 0.6) is 0 Å². The van der Waals surface area contributed by atoms with Crippen LogP contribution in [0.25, 0.3) is 0 Å². The molecule has 6 heteroatoms. The fourth-order valence-electron chi connectivity index (χ4n) is 1.04. The molecule has 1 heterocycles. The molecule has 0 aliphatic heterocycles. The van der Waals surface area contributed by atoms with E-state index in [1.54, 1.807) is 0 Å². The number of nitrogens with two attached hydrogens (primary N) is 1. The average Bonchev–Trinajstić information content (AvgIpc) is 2.18. The highest BCUT2D eigenvalue weighted by molar-refractivity contribution is 6.29. The Balaban J connectivity index is 2.37. The molecule has 1 rings (SSSR count). The quantitative estimate of drug-likeness (QED) is 0.586. The third kappa shape index (κ3) is 4.71. The predicted octanol–water partition coefficient (Wildman–Crippen LogP) is 1.20. The number of aromatic nitrogens is 2. The Labute approximate surface area is 93.0 Å². The lowest BCUT2D eigenvalue weighted by Crippen LogP contribution is -2.13. The van der Waals surface area contributed by atoms with Crippen molar-refractivity contribution >= 4 is 23.3 Å². The summed E-state index contributed by atoms with van der Waals surface area (Å²) in [5, 5.41) is 2.93. The second-order valence-corrected chi connectivity index (χ2v) is 3.41. The standard InChI is InChI=1S/C9H13ClN4O/c10-7-5-8(13-6-12-7)14-9(15)3-1-2-4-11/h5-6H,1-4,11H2,(H,12,13,14,15). The summed E-state index contributed by atoms with van der Waals surface area (Å²) in [6.45, 7) is 0.604. The molecule has 3 N–H and O–H groups in total. The lowest BCUT2D eigenvalue weighted by atomic mass is 10.2. The summed E-state index contributed by atoms with van der Waals surface area (Å²) in [6, 6.07) is 1.50. The van der Waals surface area contributed by atoms with Crippen molar-refractivity contribution in [2.24, 2.45) is 5.73 Å². The number of nitrogens with one attached hydrogen (secondary N) is 1. The van der Waals surface area contributed by atoms with E-state index in [9.17, 15) is 4.79 Å². The van der Waals surface area contributed by atoms with Crippen molar-refractivity contribution in [1.82, 2.24) is 9.97 Å². The maximum absolute atomic E-state index is 11.3. The van der Waals surface area contributed by atoms with Gasteiger partial charge in [0.2, 0.25) is 5.91 Å². The first kappa shape index (κ1) is 11.9. The van der Waals surface area contributed by atoms with Gasteiger partial charge in [0.15, 0.2) is 0 Å². The van der Waals surface area contributed by atoms with Crippen LogP contribution in [0, 0.1) is 0 Å². The summed E-state index contributed by atoms with van der Waals surface area (Å²) < 4.78 is 0. The molecule has 0 saturated carbocycles. The van der Waals surface area contributed by atoms with Gasteiger partial charge in [0, 0.05) is 12.5 Å². The molecule has 1 aromatic heterocycles. The van der Waals surface area contributed by atoms with Gasteiger partial charge in [0.25, 0.3) is 0 Å². The number of carbonyl (C=O) groups excluding carboxylic acids is 1. The molecule has 0 aliphatic rings. The van der Waals surface area contributed by atoms with E-state index < -0.39 is 0 Å². The van der Waals surface area contributed by atoms with Crippen LogP contribution >= 0.6 is 11.6 Å². The van der Waals surface area contributed by atoms with Gasteiger partial charge in [-0.15, -0.1) is 0 Å². The van der Waals surface area contributed by atoms with Gasteiger partial charge in [0.1, 0.15) is 17.3 Å². The Bertz CT molecular complexity index is 332. The van der Waals surface area contributed by atoms with Gasteiger partial charge in [-0.05, 0) is 19.4 Å². The fraction of sp³-hybridized carbons (Fsp3) is 0.444. The monoisotopic (exact) mass is 228 g/mol. The minimum absolute atomic E-state index is 0.0850. The molecule has 1 amide bonds. The Kier molecular flexibility index (Phi) is 5.00. The summed E-state index contributed by atoms with van der Waals surface area (Å²) in [6.07, 6.45) is 3.37. The van der Waals surface area contributed by atoms with Gasteiger partial charge in [-0.25, -0.2) is 9.97 Å². The highest BCUT2D eigenvalue weighted by atomic mass is 35.5. The summed E-state index contributed by atoms with van der Waals surface area (Å²) in [7, 11) is 0. The Morgan fingerprint density at radius 3 is 2.93 bits per heavy atom. The smallest absolute Gasteiger partial charge is 0.225 e. The molecule has 0 aromatic carbocycles. The molecule has 0 atom stereocenters. The molecule has 0 spiro atoms.